The van der Waals surface area contributed by atoms with Crippen LogP contribution in [0.25, 0.3) is 10.6 Å². The number of carbonyl (C=O) groups is 1. The van der Waals surface area contributed by atoms with Crippen LogP contribution in [0.15, 0.2) is 36.9 Å². The van der Waals surface area contributed by atoms with Crippen LogP contribution in [0.2, 0.25) is 0 Å². The molecule has 2 fully saturated rings. The number of hydrogen-bond donors (Lipinski definition) is 2. The predicted molar refractivity (Wildman–Crippen MR) is 146 cm³/mol. The van der Waals surface area contributed by atoms with Crippen LogP contribution in [-0.2, 0) is 14.8 Å². The molecule has 5 rings (SSSR count). The number of nitrogens with zero attached hydrogens (tertiary/aromatic N) is 5. The number of carbonyl (C=O) groups excluding carboxylic acids is 1. The lowest BCUT2D eigenvalue weighted by Gasteiger charge is -2.28. The Bertz CT molecular complexity index is 1390. The maximum Gasteiger partial charge on any atom is 0.280 e. The second-order valence-electron chi connectivity index (χ2n) is 9.29. The highest BCUT2D eigenvalue weighted by Gasteiger charge is 2.35. The number of nitrogens with one attached hydrogen (secondary N) is 2. The first-order valence-electron chi connectivity index (χ1n) is 12.9. The number of sulfonamides is 1. The summed E-state index contributed by atoms with van der Waals surface area (Å²) in [5.41, 5.74) is 1.57. The van der Waals surface area contributed by atoms with Gasteiger partial charge in [0.15, 0.2) is 5.01 Å². The minimum absolute atomic E-state index is 0.274. The zero-order valence-electron chi connectivity index (χ0n) is 21.6. The van der Waals surface area contributed by atoms with Crippen molar-refractivity contribution < 1.29 is 22.7 Å². The summed E-state index contributed by atoms with van der Waals surface area (Å²) in [6.07, 6.45) is 8.20. The zero-order chi connectivity index (χ0) is 27.2. The number of rotatable bonds is 12. The Kier molecular flexibility index (Phi) is 8.65. The number of pyridine rings is 1. The van der Waals surface area contributed by atoms with Gasteiger partial charge in [-0.25, -0.2) is 18.4 Å². The predicted octanol–water partition coefficient (Wildman–Crippen LogP) is 2.49. The summed E-state index contributed by atoms with van der Waals surface area (Å²) >= 11 is 1.21. The molecule has 12 nitrogen and oxygen atoms in total. The van der Waals surface area contributed by atoms with E-state index in [-0.39, 0.29) is 16.2 Å². The van der Waals surface area contributed by atoms with Crippen LogP contribution < -0.4 is 14.8 Å². The molecule has 14 heteroatoms. The highest BCUT2D eigenvalue weighted by Crippen LogP contribution is 2.30. The summed E-state index contributed by atoms with van der Waals surface area (Å²) in [7, 11) is -3.42. The number of aromatic nitrogens is 4. The van der Waals surface area contributed by atoms with Gasteiger partial charge in [-0.2, -0.15) is 0 Å². The van der Waals surface area contributed by atoms with Crippen molar-refractivity contribution in [2.75, 3.05) is 44.2 Å². The normalized spacial score (nSPS) is 16.9. The van der Waals surface area contributed by atoms with Gasteiger partial charge in [0.2, 0.25) is 15.9 Å². The van der Waals surface area contributed by atoms with Gasteiger partial charge in [-0.05, 0) is 38.3 Å². The number of amides is 1. The van der Waals surface area contributed by atoms with E-state index in [9.17, 15) is 13.2 Å². The Morgan fingerprint density at radius 2 is 2.05 bits per heavy atom. The van der Waals surface area contributed by atoms with Crippen LogP contribution in [0.4, 0.5) is 5.69 Å². The fraction of sp³-hybridized carbons (Fsp3) is 0.480. The molecule has 1 atom stereocenters. The Morgan fingerprint density at radius 3 is 2.82 bits per heavy atom. The van der Waals surface area contributed by atoms with Crippen molar-refractivity contribution in [1.82, 2.24) is 30.2 Å². The van der Waals surface area contributed by atoms with Crippen molar-refractivity contribution in [3.63, 3.8) is 0 Å². The van der Waals surface area contributed by atoms with Gasteiger partial charge in [-0.1, -0.05) is 0 Å². The molecule has 208 valence electrons. The van der Waals surface area contributed by atoms with Crippen molar-refractivity contribution >= 4 is 33.0 Å². The van der Waals surface area contributed by atoms with Gasteiger partial charge < -0.3 is 14.8 Å². The van der Waals surface area contributed by atoms with Gasteiger partial charge >= 0.3 is 0 Å². The number of hydrogen-bond acceptors (Lipinski definition) is 11. The van der Waals surface area contributed by atoms with Crippen molar-refractivity contribution in [3.8, 4) is 16.5 Å². The minimum Gasteiger partial charge on any atom is -0.477 e. The lowest BCUT2D eigenvalue weighted by atomic mass is 10.1. The topological polar surface area (TPSA) is 149 Å². The molecule has 0 radical (unpaired) electrons. The maximum absolute atomic E-state index is 13.3. The third-order valence-corrected chi connectivity index (χ3v) is 9.25. The monoisotopic (exact) mass is 573 g/mol. The van der Waals surface area contributed by atoms with Crippen LogP contribution in [-0.4, -0.2) is 83.9 Å². The molecule has 0 aromatic carbocycles. The molecule has 39 heavy (non-hydrogen) atoms. The lowest BCUT2D eigenvalue weighted by Crippen LogP contribution is -2.39. The fourth-order valence-electron chi connectivity index (χ4n) is 4.16. The molecular weight excluding hydrogens is 542 g/mol. The standard InChI is InChI=1S/C25H31N7O5S2/c1-2-37-23-16-26-14-21(29-23)22-15-28-25(38-22)24(33)30-19(6-8-32-9-11-36-12-10-32)20-13-17(5-7-27-20)31-39(34,35)18-3-4-18/h5,7,13-16,18-19H,2-4,6,8-12H2,1H3,(H,27,31)(H,30,33). The Hall–Kier alpha value is -3.20. The highest BCUT2D eigenvalue weighted by atomic mass is 32.2. The molecule has 3 aromatic rings. The molecule has 1 unspecified atom stereocenters. The van der Waals surface area contributed by atoms with E-state index in [0.717, 1.165) is 19.6 Å². The number of morpholine rings is 1. The molecule has 4 heterocycles. The average molecular weight is 574 g/mol. The third-order valence-electron chi connectivity index (χ3n) is 6.36. The largest absolute Gasteiger partial charge is 0.477 e. The van der Waals surface area contributed by atoms with Gasteiger partial charge in [0, 0.05) is 32.0 Å². The number of ether oxygens (including phenoxy) is 2. The molecule has 2 aliphatic rings. The second-order valence-corrected chi connectivity index (χ2v) is 12.3. The van der Waals surface area contributed by atoms with E-state index in [1.54, 1.807) is 30.7 Å². The molecule has 0 bridgehead atoms. The van der Waals surface area contributed by atoms with E-state index in [4.69, 9.17) is 9.47 Å². The fourth-order valence-corrected chi connectivity index (χ4v) is 6.31. The van der Waals surface area contributed by atoms with E-state index in [1.165, 1.54) is 17.5 Å². The van der Waals surface area contributed by atoms with E-state index in [0.29, 0.717) is 66.9 Å². The quantitative estimate of drug-likeness (QED) is 0.331. The van der Waals surface area contributed by atoms with E-state index < -0.39 is 16.1 Å². The Morgan fingerprint density at radius 1 is 1.23 bits per heavy atom. The Balaban J connectivity index is 1.33. The first-order valence-corrected chi connectivity index (χ1v) is 15.3. The molecule has 2 N–H and O–H groups in total. The first kappa shape index (κ1) is 27.4. The van der Waals surface area contributed by atoms with Gasteiger partial charge in [-0.3, -0.25) is 24.4 Å². The molecule has 1 aliphatic carbocycles. The van der Waals surface area contributed by atoms with E-state index >= 15 is 0 Å². The highest BCUT2D eigenvalue weighted by molar-refractivity contribution is 7.93. The summed E-state index contributed by atoms with van der Waals surface area (Å²) in [5, 5.41) is 2.99. The summed E-state index contributed by atoms with van der Waals surface area (Å²) in [5.74, 6) is 0.0544. The van der Waals surface area contributed by atoms with Crippen molar-refractivity contribution in [3.05, 3.63) is 47.6 Å². The molecule has 1 saturated heterocycles. The van der Waals surface area contributed by atoms with Crippen LogP contribution in [0.5, 0.6) is 5.88 Å². The van der Waals surface area contributed by atoms with E-state index in [2.05, 4.69) is 34.9 Å². The van der Waals surface area contributed by atoms with Crippen LogP contribution in [0, 0.1) is 0 Å². The van der Waals surface area contributed by atoms with Crippen molar-refractivity contribution in [2.24, 2.45) is 0 Å². The summed E-state index contributed by atoms with van der Waals surface area (Å²) in [4.78, 5) is 33.6. The Labute approximate surface area is 231 Å². The van der Waals surface area contributed by atoms with E-state index in [1.807, 2.05) is 6.92 Å². The van der Waals surface area contributed by atoms with Gasteiger partial charge in [0.25, 0.3) is 5.91 Å². The van der Waals surface area contributed by atoms with Crippen LogP contribution in [0.3, 0.4) is 0 Å². The molecule has 3 aromatic heterocycles. The minimum atomic E-state index is -3.42. The molecule has 1 saturated carbocycles. The van der Waals surface area contributed by atoms with Crippen molar-refractivity contribution in [1.29, 1.82) is 0 Å². The average Bonchev–Trinajstić information content (AvgIpc) is 3.70. The second kappa shape index (κ2) is 12.3. The molecule has 0 spiro atoms. The van der Waals surface area contributed by atoms with Crippen LogP contribution >= 0.6 is 11.3 Å². The third kappa shape index (κ3) is 7.26. The maximum atomic E-state index is 13.3. The lowest BCUT2D eigenvalue weighted by molar-refractivity contribution is 0.0359. The first-order chi connectivity index (χ1) is 18.9. The van der Waals surface area contributed by atoms with Crippen LogP contribution in [0.1, 0.15) is 47.7 Å². The smallest absolute Gasteiger partial charge is 0.280 e. The van der Waals surface area contributed by atoms with Gasteiger partial charge in [0.05, 0.1) is 59.8 Å². The molecular formula is C25H31N7O5S2. The van der Waals surface area contributed by atoms with Gasteiger partial charge in [-0.15, -0.1) is 11.3 Å². The summed E-state index contributed by atoms with van der Waals surface area (Å²) in [6, 6.07) is 2.85. The van der Waals surface area contributed by atoms with Gasteiger partial charge in [0.1, 0.15) is 5.69 Å². The van der Waals surface area contributed by atoms with Crippen molar-refractivity contribution in [2.45, 2.75) is 37.5 Å². The zero-order valence-corrected chi connectivity index (χ0v) is 23.2. The molecule has 1 amide bonds. The summed E-state index contributed by atoms with van der Waals surface area (Å²) in [6.45, 7) is 6.02. The SMILES string of the molecule is CCOc1cncc(-c2cnc(C(=O)NC(CCN3CCOCC3)c3cc(NS(=O)(=O)C4CC4)ccn3)s2)n1. The number of anilines is 1. The molecule has 1 aliphatic heterocycles. The number of thiazole rings is 1. The summed E-state index contributed by atoms with van der Waals surface area (Å²) < 4.78 is 38.5.